The van der Waals surface area contributed by atoms with Gasteiger partial charge in [-0.15, -0.1) is 0 Å². The molecule has 1 unspecified atom stereocenters. The van der Waals surface area contributed by atoms with E-state index in [1.165, 1.54) is 0 Å². The SMILES string of the molecule is COCCN1CCC2(CCN(Cc3ccccc3OCC(=O)N3CCC(C)CC3)C2)C1=O. The molecule has 3 saturated heterocycles. The van der Waals surface area contributed by atoms with Gasteiger partial charge in [0.1, 0.15) is 5.75 Å². The fraction of sp³-hybridized carbons (Fsp3) is 0.680. The number of para-hydroxylation sites is 1. The Labute approximate surface area is 191 Å². The molecule has 0 aliphatic carbocycles. The maximum atomic E-state index is 13.0. The van der Waals surface area contributed by atoms with Gasteiger partial charge in [-0.25, -0.2) is 0 Å². The number of ether oxygens (including phenoxy) is 2. The molecule has 0 radical (unpaired) electrons. The van der Waals surface area contributed by atoms with Gasteiger partial charge in [0.15, 0.2) is 6.61 Å². The summed E-state index contributed by atoms with van der Waals surface area (Å²) in [6.45, 7) is 8.51. The Hall–Kier alpha value is -2.12. The Morgan fingerprint density at radius 2 is 1.88 bits per heavy atom. The molecule has 0 N–H and O–H groups in total. The number of piperidine rings is 1. The average Bonchev–Trinajstić information content (AvgIpc) is 3.35. The Bertz CT molecular complexity index is 808. The van der Waals surface area contributed by atoms with Crippen LogP contribution in [0.25, 0.3) is 0 Å². The highest BCUT2D eigenvalue weighted by Gasteiger charge is 2.50. The summed E-state index contributed by atoms with van der Waals surface area (Å²) >= 11 is 0. The predicted octanol–water partition coefficient (Wildman–Crippen LogP) is 2.39. The minimum Gasteiger partial charge on any atom is -0.483 e. The minimum atomic E-state index is -0.245. The van der Waals surface area contributed by atoms with Gasteiger partial charge in [-0.1, -0.05) is 25.1 Å². The first-order chi connectivity index (χ1) is 15.5. The van der Waals surface area contributed by atoms with Crippen LogP contribution in [0, 0.1) is 11.3 Å². The molecule has 1 spiro atoms. The minimum absolute atomic E-state index is 0.0690. The van der Waals surface area contributed by atoms with E-state index < -0.39 is 0 Å². The fourth-order valence-electron chi connectivity index (χ4n) is 5.28. The molecule has 3 aliphatic rings. The number of benzene rings is 1. The molecule has 0 bridgehead atoms. The first-order valence-corrected chi connectivity index (χ1v) is 12.0. The van der Waals surface area contributed by atoms with E-state index in [0.29, 0.717) is 19.1 Å². The lowest BCUT2D eigenvalue weighted by molar-refractivity contribution is -0.136. The summed E-state index contributed by atoms with van der Waals surface area (Å²) in [7, 11) is 1.67. The molecule has 2 amide bonds. The Balaban J connectivity index is 1.32. The average molecular weight is 444 g/mol. The largest absolute Gasteiger partial charge is 0.483 e. The summed E-state index contributed by atoms with van der Waals surface area (Å²) in [5.41, 5.74) is 0.830. The van der Waals surface area contributed by atoms with Gasteiger partial charge in [-0.05, 0) is 44.2 Å². The smallest absolute Gasteiger partial charge is 0.260 e. The van der Waals surface area contributed by atoms with Crippen molar-refractivity contribution in [2.24, 2.45) is 11.3 Å². The molecule has 0 aromatic heterocycles. The third kappa shape index (κ3) is 5.09. The lowest BCUT2D eigenvalue weighted by Crippen LogP contribution is -2.40. The van der Waals surface area contributed by atoms with Crippen molar-refractivity contribution in [1.29, 1.82) is 0 Å². The Morgan fingerprint density at radius 1 is 1.12 bits per heavy atom. The van der Waals surface area contributed by atoms with E-state index in [1.54, 1.807) is 7.11 Å². The molecule has 32 heavy (non-hydrogen) atoms. The second kappa shape index (κ2) is 10.2. The van der Waals surface area contributed by atoms with Crippen LogP contribution in [0.2, 0.25) is 0 Å². The molecule has 1 aromatic carbocycles. The number of hydrogen-bond donors (Lipinski definition) is 0. The summed E-state index contributed by atoms with van der Waals surface area (Å²) in [5, 5.41) is 0. The van der Waals surface area contributed by atoms with E-state index in [9.17, 15) is 9.59 Å². The maximum absolute atomic E-state index is 13.0. The van der Waals surface area contributed by atoms with E-state index in [1.807, 2.05) is 28.0 Å². The van der Waals surface area contributed by atoms with Crippen LogP contribution >= 0.6 is 0 Å². The maximum Gasteiger partial charge on any atom is 0.260 e. The van der Waals surface area contributed by atoms with Crippen molar-refractivity contribution < 1.29 is 19.1 Å². The van der Waals surface area contributed by atoms with Gasteiger partial charge in [-0.3, -0.25) is 14.5 Å². The first-order valence-electron chi connectivity index (χ1n) is 12.0. The normalized spacial score (nSPS) is 24.6. The molecule has 0 saturated carbocycles. The lowest BCUT2D eigenvalue weighted by atomic mass is 9.85. The second-order valence-electron chi connectivity index (χ2n) is 9.74. The molecule has 3 fully saturated rings. The highest BCUT2D eigenvalue weighted by atomic mass is 16.5. The van der Waals surface area contributed by atoms with Crippen molar-refractivity contribution in [1.82, 2.24) is 14.7 Å². The molecular formula is C25H37N3O4. The molecule has 1 aromatic rings. The van der Waals surface area contributed by atoms with E-state index in [4.69, 9.17) is 9.47 Å². The van der Waals surface area contributed by atoms with E-state index >= 15 is 0 Å². The van der Waals surface area contributed by atoms with Gasteiger partial charge in [-0.2, -0.15) is 0 Å². The zero-order chi connectivity index (χ0) is 22.6. The van der Waals surface area contributed by atoms with Crippen LogP contribution in [0.15, 0.2) is 24.3 Å². The summed E-state index contributed by atoms with van der Waals surface area (Å²) in [5.74, 6) is 1.82. The summed E-state index contributed by atoms with van der Waals surface area (Å²) in [6.07, 6.45) is 3.97. The van der Waals surface area contributed by atoms with Crippen LogP contribution in [0.4, 0.5) is 0 Å². The van der Waals surface area contributed by atoms with Crippen LogP contribution in [-0.4, -0.2) is 86.1 Å². The quantitative estimate of drug-likeness (QED) is 0.617. The Kier molecular flexibility index (Phi) is 7.36. The molecule has 176 valence electrons. The standard InChI is InChI=1S/C25H37N3O4/c1-20-7-11-27(12-8-20)23(29)18-32-22-6-4-3-5-21(22)17-26-13-9-25(19-26)10-14-28(24(25)30)15-16-31-2/h3-6,20H,7-19H2,1-2H3. The monoisotopic (exact) mass is 443 g/mol. The molecule has 4 rings (SSSR count). The molecule has 3 aliphatic heterocycles. The van der Waals surface area contributed by atoms with Crippen LogP contribution < -0.4 is 4.74 Å². The van der Waals surface area contributed by atoms with Gasteiger partial charge in [0.05, 0.1) is 12.0 Å². The number of rotatable bonds is 8. The molecule has 7 heteroatoms. The van der Waals surface area contributed by atoms with Gasteiger partial charge >= 0.3 is 0 Å². The molecule has 7 nitrogen and oxygen atoms in total. The number of carbonyl (C=O) groups is 2. The van der Waals surface area contributed by atoms with Crippen molar-refractivity contribution in [3.05, 3.63) is 29.8 Å². The third-order valence-electron chi connectivity index (χ3n) is 7.45. The van der Waals surface area contributed by atoms with Crippen molar-refractivity contribution in [3.8, 4) is 5.75 Å². The zero-order valence-corrected chi connectivity index (χ0v) is 19.6. The van der Waals surface area contributed by atoms with Gasteiger partial charge < -0.3 is 19.3 Å². The molecule has 3 heterocycles. The van der Waals surface area contributed by atoms with Crippen LogP contribution in [0.5, 0.6) is 5.75 Å². The van der Waals surface area contributed by atoms with E-state index in [-0.39, 0.29) is 23.8 Å². The topological polar surface area (TPSA) is 62.3 Å². The van der Waals surface area contributed by atoms with Crippen molar-refractivity contribution in [2.45, 2.75) is 39.2 Å². The van der Waals surface area contributed by atoms with Crippen molar-refractivity contribution in [2.75, 3.05) is 59.6 Å². The number of carbonyl (C=O) groups excluding carboxylic acids is 2. The van der Waals surface area contributed by atoms with E-state index in [0.717, 1.165) is 76.3 Å². The van der Waals surface area contributed by atoms with Gasteiger partial charge in [0, 0.05) is 51.9 Å². The lowest BCUT2D eigenvalue weighted by Gasteiger charge is -2.30. The van der Waals surface area contributed by atoms with Crippen LogP contribution in [0.3, 0.4) is 0 Å². The van der Waals surface area contributed by atoms with Crippen molar-refractivity contribution in [3.63, 3.8) is 0 Å². The van der Waals surface area contributed by atoms with Crippen LogP contribution in [0.1, 0.15) is 38.2 Å². The number of hydrogen-bond acceptors (Lipinski definition) is 5. The Morgan fingerprint density at radius 3 is 2.66 bits per heavy atom. The molecule has 1 atom stereocenters. The number of methoxy groups -OCH3 is 1. The van der Waals surface area contributed by atoms with Gasteiger partial charge in [0.25, 0.3) is 5.91 Å². The number of likely N-dealkylation sites (tertiary alicyclic amines) is 3. The number of nitrogens with zero attached hydrogens (tertiary/aromatic N) is 3. The van der Waals surface area contributed by atoms with Crippen LogP contribution in [-0.2, 0) is 20.9 Å². The van der Waals surface area contributed by atoms with Gasteiger partial charge in [0.2, 0.25) is 5.91 Å². The fourth-order valence-corrected chi connectivity index (χ4v) is 5.28. The zero-order valence-electron chi connectivity index (χ0n) is 19.6. The summed E-state index contributed by atoms with van der Waals surface area (Å²) in [6, 6.07) is 7.97. The number of amides is 2. The highest BCUT2D eigenvalue weighted by molar-refractivity contribution is 5.85. The first kappa shape index (κ1) is 23.1. The summed E-state index contributed by atoms with van der Waals surface area (Å²) < 4.78 is 11.1. The van der Waals surface area contributed by atoms with Crippen molar-refractivity contribution >= 4 is 11.8 Å². The predicted molar refractivity (Wildman–Crippen MR) is 122 cm³/mol. The summed E-state index contributed by atoms with van der Waals surface area (Å²) in [4.78, 5) is 31.8. The second-order valence-corrected chi connectivity index (χ2v) is 9.74. The molecular weight excluding hydrogens is 406 g/mol. The highest BCUT2D eigenvalue weighted by Crippen LogP contribution is 2.41. The van der Waals surface area contributed by atoms with E-state index in [2.05, 4.69) is 17.9 Å². The third-order valence-corrected chi connectivity index (χ3v) is 7.45.